The van der Waals surface area contributed by atoms with Crippen molar-refractivity contribution in [1.29, 1.82) is 0 Å². The van der Waals surface area contributed by atoms with Crippen LogP contribution < -0.4 is 4.74 Å². The summed E-state index contributed by atoms with van der Waals surface area (Å²) in [6.45, 7) is 4.72. The van der Waals surface area contributed by atoms with Crippen LogP contribution in [-0.4, -0.2) is 5.11 Å². The summed E-state index contributed by atoms with van der Waals surface area (Å²) in [5, 5.41) is 9.22. The molecule has 0 fully saturated rings. The number of aryl methyl sites for hydroxylation is 2. The molecule has 2 nitrogen and oxygen atoms in total. The molecular weight excluding hydrogens is 224 g/mol. The second-order valence-electron chi connectivity index (χ2n) is 4.47. The Bertz CT molecular complexity index is 532. The van der Waals surface area contributed by atoms with Crippen molar-refractivity contribution in [2.45, 2.75) is 27.1 Å². The largest absolute Gasteiger partial charge is 0.489 e. The summed E-state index contributed by atoms with van der Waals surface area (Å²) in [5.41, 5.74) is 4.52. The summed E-state index contributed by atoms with van der Waals surface area (Å²) in [7, 11) is 0. The molecule has 2 heteroatoms. The fraction of sp³-hybridized carbons (Fsp3) is 0.250. The van der Waals surface area contributed by atoms with Gasteiger partial charge in [-0.3, -0.25) is 0 Å². The highest BCUT2D eigenvalue weighted by atomic mass is 16.5. The van der Waals surface area contributed by atoms with Crippen LogP contribution in [0.25, 0.3) is 0 Å². The number of aliphatic hydroxyl groups is 1. The van der Waals surface area contributed by atoms with Gasteiger partial charge < -0.3 is 9.84 Å². The molecule has 94 valence electrons. The maximum atomic E-state index is 9.22. The van der Waals surface area contributed by atoms with E-state index in [0.717, 1.165) is 16.9 Å². The van der Waals surface area contributed by atoms with E-state index in [-0.39, 0.29) is 6.61 Å². The van der Waals surface area contributed by atoms with Crippen LogP contribution in [0.2, 0.25) is 0 Å². The van der Waals surface area contributed by atoms with Gasteiger partial charge in [0, 0.05) is 5.56 Å². The van der Waals surface area contributed by atoms with Gasteiger partial charge in [-0.05, 0) is 36.6 Å². The summed E-state index contributed by atoms with van der Waals surface area (Å²) in [4.78, 5) is 0. The predicted octanol–water partition coefficient (Wildman–Crippen LogP) is 3.37. The highest BCUT2D eigenvalue weighted by Gasteiger charge is 2.02. The highest BCUT2D eigenvalue weighted by molar-refractivity contribution is 5.34. The second kappa shape index (κ2) is 5.69. The SMILES string of the molecule is Cc1ccc(COc2ccccc2CO)cc1C. The van der Waals surface area contributed by atoms with Gasteiger partial charge in [0.15, 0.2) is 0 Å². The lowest BCUT2D eigenvalue weighted by atomic mass is 10.1. The maximum Gasteiger partial charge on any atom is 0.125 e. The first-order chi connectivity index (χ1) is 8.70. The lowest BCUT2D eigenvalue weighted by Crippen LogP contribution is -1.99. The molecule has 0 aliphatic heterocycles. The molecule has 0 saturated carbocycles. The fourth-order valence-corrected chi connectivity index (χ4v) is 1.83. The van der Waals surface area contributed by atoms with Gasteiger partial charge in [-0.2, -0.15) is 0 Å². The molecule has 0 aromatic heterocycles. The second-order valence-corrected chi connectivity index (χ2v) is 4.47. The molecule has 0 heterocycles. The van der Waals surface area contributed by atoms with Crippen LogP contribution in [-0.2, 0) is 13.2 Å². The first-order valence-corrected chi connectivity index (χ1v) is 6.08. The molecule has 0 spiro atoms. The zero-order valence-corrected chi connectivity index (χ0v) is 10.8. The summed E-state index contributed by atoms with van der Waals surface area (Å²) in [5.74, 6) is 0.748. The van der Waals surface area contributed by atoms with E-state index in [1.54, 1.807) is 0 Å². The van der Waals surface area contributed by atoms with Crippen molar-refractivity contribution >= 4 is 0 Å². The Morgan fingerprint density at radius 3 is 2.50 bits per heavy atom. The van der Waals surface area contributed by atoms with Crippen molar-refractivity contribution < 1.29 is 9.84 Å². The minimum absolute atomic E-state index is 0.00307. The van der Waals surface area contributed by atoms with Gasteiger partial charge >= 0.3 is 0 Å². The third-order valence-corrected chi connectivity index (χ3v) is 3.11. The number of aliphatic hydroxyl groups excluding tert-OH is 1. The molecular formula is C16H18O2. The molecule has 0 unspecified atom stereocenters. The van der Waals surface area contributed by atoms with Crippen molar-refractivity contribution in [2.24, 2.45) is 0 Å². The topological polar surface area (TPSA) is 29.5 Å². The number of ether oxygens (including phenoxy) is 1. The van der Waals surface area contributed by atoms with Crippen molar-refractivity contribution in [3.63, 3.8) is 0 Å². The third-order valence-electron chi connectivity index (χ3n) is 3.11. The van der Waals surface area contributed by atoms with Gasteiger partial charge in [0.25, 0.3) is 0 Å². The maximum absolute atomic E-state index is 9.22. The fourth-order valence-electron chi connectivity index (χ4n) is 1.83. The third kappa shape index (κ3) is 2.90. The van der Waals surface area contributed by atoms with Crippen LogP contribution in [0, 0.1) is 13.8 Å². The molecule has 2 aromatic rings. The van der Waals surface area contributed by atoms with Crippen LogP contribution in [0.5, 0.6) is 5.75 Å². The minimum Gasteiger partial charge on any atom is -0.489 e. The number of benzene rings is 2. The number of rotatable bonds is 4. The van der Waals surface area contributed by atoms with Gasteiger partial charge in [0.05, 0.1) is 6.61 Å². The van der Waals surface area contributed by atoms with E-state index >= 15 is 0 Å². The molecule has 0 atom stereocenters. The zero-order chi connectivity index (χ0) is 13.0. The summed E-state index contributed by atoms with van der Waals surface area (Å²) >= 11 is 0. The van der Waals surface area contributed by atoms with Crippen LogP contribution >= 0.6 is 0 Å². The van der Waals surface area contributed by atoms with Gasteiger partial charge in [-0.1, -0.05) is 36.4 Å². The summed E-state index contributed by atoms with van der Waals surface area (Å²) in [6, 6.07) is 13.9. The van der Waals surface area contributed by atoms with Gasteiger partial charge in [0.1, 0.15) is 12.4 Å². The van der Waals surface area contributed by atoms with E-state index in [1.165, 1.54) is 11.1 Å². The Balaban J connectivity index is 2.09. The summed E-state index contributed by atoms with van der Waals surface area (Å²) < 4.78 is 5.75. The quantitative estimate of drug-likeness (QED) is 0.890. The molecule has 0 bridgehead atoms. The molecule has 2 rings (SSSR count). The Kier molecular flexibility index (Phi) is 4.00. The first-order valence-electron chi connectivity index (χ1n) is 6.08. The Morgan fingerprint density at radius 2 is 1.78 bits per heavy atom. The standard InChI is InChI=1S/C16H18O2/c1-12-7-8-14(9-13(12)2)11-18-16-6-4-3-5-15(16)10-17/h3-9,17H,10-11H2,1-2H3. The normalized spacial score (nSPS) is 10.4. The van der Waals surface area contributed by atoms with Crippen LogP contribution in [0.15, 0.2) is 42.5 Å². The smallest absolute Gasteiger partial charge is 0.125 e. The van der Waals surface area contributed by atoms with Gasteiger partial charge in [-0.25, -0.2) is 0 Å². The van der Waals surface area contributed by atoms with E-state index in [1.807, 2.05) is 24.3 Å². The first kappa shape index (κ1) is 12.7. The molecule has 1 N–H and O–H groups in total. The van der Waals surface area contributed by atoms with Gasteiger partial charge in [0.2, 0.25) is 0 Å². The zero-order valence-electron chi connectivity index (χ0n) is 10.8. The van der Waals surface area contributed by atoms with Crippen LogP contribution in [0.4, 0.5) is 0 Å². The van der Waals surface area contributed by atoms with E-state index in [4.69, 9.17) is 4.74 Å². The van der Waals surface area contributed by atoms with Crippen molar-refractivity contribution in [1.82, 2.24) is 0 Å². The molecule has 2 aromatic carbocycles. The molecule has 0 amide bonds. The molecule has 0 aliphatic rings. The Labute approximate surface area is 108 Å². The monoisotopic (exact) mass is 242 g/mol. The highest BCUT2D eigenvalue weighted by Crippen LogP contribution is 2.19. The average Bonchev–Trinajstić information content (AvgIpc) is 2.40. The predicted molar refractivity (Wildman–Crippen MR) is 72.6 cm³/mol. The van der Waals surface area contributed by atoms with Crippen molar-refractivity contribution in [2.75, 3.05) is 0 Å². The summed E-state index contributed by atoms with van der Waals surface area (Å²) in [6.07, 6.45) is 0. The molecule has 0 radical (unpaired) electrons. The lowest BCUT2D eigenvalue weighted by molar-refractivity contribution is 0.259. The number of para-hydroxylation sites is 1. The van der Waals surface area contributed by atoms with Crippen molar-refractivity contribution in [3.05, 3.63) is 64.7 Å². The van der Waals surface area contributed by atoms with Crippen molar-refractivity contribution in [3.8, 4) is 5.75 Å². The lowest BCUT2D eigenvalue weighted by Gasteiger charge is -2.11. The van der Waals surface area contributed by atoms with Gasteiger partial charge in [-0.15, -0.1) is 0 Å². The number of hydrogen-bond donors (Lipinski definition) is 1. The van der Waals surface area contributed by atoms with Crippen LogP contribution in [0.1, 0.15) is 22.3 Å². The molecule has 0 aliphatic carbocycles. The minimum atomic E-state index is 0.00307. The van der Waals surface area contributed by atoms with E-state index < -0.39 is 0 Å². The van der Waals surface area contributed by atoms with E-state index in [2.05, 4.69) is 32.0 Å². The van der Waals surface area contributed by atoms with Crippen LogP contribution in [0.3, 0.4) is 0 Å². The molecule has 0 saturated heterocycles. The number of hydrogen-bond acceptors (Lipinski definition) is 2. The van der Waals surface area contributed by atoms with E-state index in [0.29, 0.717) is 6.61 Å². The molecule has 18 heavy (non-hydrogen) atoms. The van der Waals surface area contributed by atoms with E-state index in [9.17, 15) is 5.11 Å². The Morgan fingerprint density at radius 1 is 1.00 bits per heavy atom. The Hall–Kier alpha value is -1.80. The average molecular weight is 242 g/mol.